The topological polar surface area (TPSA) is 58.2 Å². The van der Waals surface area contributed by atoms with E-state index in [0.717, 1.165) is 5.57 Å². The molecule has 4 heteroatoms. The first-order valence-electron chi connectivity index (χ1n) is 5.00. The third-order valence-corrected chi connectivity index (χ3v) is 2.60. The van der Waals surface area contributed by atoms with Crippen molar-refractivity contribution >= 4 is 11.9 Å². The third-order valence-electron chi connectivity index (χ3n) is 2.60. The summed E-state index contributed by atoms with van der Waals surface area (Å²) in [5.74, 6) is -0.313. The Labute approximate surface area is 90.1 Å². The summed E-state index contributed by atoms with van der Waals surface area (Å²) >= 11 is 0. The highest BCUT2D eigenvalue weighted by molar-refractivity contribution is 6.04. The fraction of sp³-hybridized carbons (Fsp3) is 0.636. The molecule has 1 rings (SSSR count). The lowest BCUT2D eigenvalue weighted by Crippen LogP contribution is -2.43. The quantitative estimate of drug-likeness (QED) is 0.535. The van der Waals surface area contributed by atoms with Gasteiger partial charge in [0, 0.05) is 5.92 Å². The number of carbonyl (C=O) groups excluding carboxylic acids is 2. The van der Waals surface area contributed by atoms with Crippen molar-refractivity contribution in [3.8, 4) is 0 Å². The summed E-state index contributed by atoms with van der Waals surface area (Å²) in [5, 5.41) is 4.88. The van der Waals surface area contributed by atoms with E-state index in [4.69, 9.17) is 0 Å². The van der Waals surface area contributed by atoms with Crippen LogP contribution in [0.1, 0.15) is 27.7 Å². The van der Waals surface area contributed by atoms with Gasteiger partial charge in [0.2, 0.25) is 0 Å². The van der Waals surface area contributed by atoms with E-state index in [1.807, 2.05) is 27.7 Å². The van der Waals surface area contributed by atoms with Gasteiger partial charge in [0.05, 0.1) is 0 Å². The van der Waals surface area contributed by atoms with E-state index in [0.29, 0.717) is 0 Å². The average Bonchev–Trinajstić information content (AvgIpc) is 2.26. The highest BCUT2D eigenvalue weighted by atomic mass is 16.2. The van der Waals surface area contributed by atoms with E-state index in [9.17, 15) is 9.59 Å². The Kier molecular flexibility index (Phi) is 2.88. The van der Waals surface area contributed by atoms with Crippen molar-refractivity contribution < 1.29 is 9.59 Å². The van der Waals surface area contributed by atoms with E-state index < -0.39 is 12.1 Å². The molecule has 0 radical (unpaired) electrons. The zero-order valence-corrected chi connectivity index (χ0v) is 9.68. The van der Waals surface area contributed by atoms with Crippen molar-refractivity contribution in [2.24, 2.45) is 11.3 Å². The molecule has 2 unspecified atom stereocenters. The molecule has 1 heterocycles. The molecule has 0 saturated carbocycles. The molecular formula is C11H18N2O2. The molecule has 0 aromatic carbocycles. The largest absolute Gasteiger partial charge is 0.325 e. The van der Waals surface area contributed by atoms with E-state index in [2.05, 4.69) is 17.2 Å². The van der Waals surface area contributed by atoms with E-state index >= 15 is 0 Å². The first kappa shape index (κ1) is 11.8. The number of hydrogen-bond acceptors (Lipinski definition) is 2. The molecular weight excluding hydrogens is 192 g/mol. The number of hydrogen-bond donors (Lipinski definition) is 2. The summed E-state index contributed by atoms with van der Waals surface area (Å²) in [5.41, 5.74) is 0.802. The molecule has 84 valence electrons. The molecule has 0 aromatic heterocycles. The monoisotopic (exact) mass is 210 g/mol. The smallest absolute Gasteiger partial charge is 0.322 e. The third kappa shape index (κ3) is 2.37. The van der Waals surface area contributed by atoms with Crippen LogP contribution in [-0.2, 0) is 4.79 Å². The van der Waals surface area contributed by atoms with Gasteiger partial charge in [-0.15, -0.1) is 0 Å². The van der Waals surface area contributed by atoms with Crippen LogP contribution in [0.2, 0.25) is 0 Å². The molecule has 4 nitrogen and oxygen atoms in total. The summed E-state index contributed by atoms with van der Waals surface area (Å²) in [6, 6.07) is -0.907. The van der Waals surface area contributed by atoms with Crippen LogP contribution in [0, 0.1) is 11.3 Å². The van der Waals surface area contributed by atoms with Gasteiger partial charge in [-0.25, -0.2) is 4.79 Å². The van der Waals surface area contributed by atoms with Gasteiger partial charge < -0.3 is 5.32 Å². The Balaban J connectivity index is 2.96. The van der Waals surface area contributed by atoms with Crippen LogP contribution >= 0.6 is 0 Å². The molecule has 2 atom stereocenters. The lowest BCUT2D eigenvalue weighted by atomic mass is 9.73. The Bertz CT molecular complexity index is 315. The number of amides is 3. The van der Waals surface area contributed by atoms with E-state index in [-0.39, 0.29) is 17.2 Å². The molecule has 15 heavy (non-hydrogen) atoms. The van der Waals surface area contributed by atoms with Crippen LogP contribution in [0.25, 0.3) is 0 Å². The summed E-state index contributed by atoms with van der Waals surface area (Å²) < 4.78 is 0. The number of carbonyl (C=O) groups is 2. The SMILES string of the molecule is C=C(C)C(C1NC(=O)NC1=O)C(C)(C)C. The summed E-state index contributed by atoms with van der Waals surface area (Å²) in [6.45, 7) is 11.9. The molecule has 0 aromatic rings. The predicted molar refractivity (Wildman–Crippen MR) is 58.2 cm³/mol. The Morgan fingerprint density at radius 1 is 1.40 bits per heavy atom. The minimum Gasteiger partial charge on any atom is -0.325 e. The zero-order valence-electron chi connectivity index (χ0n) is 9.68. The number of urea groups is 1. The minimum absolute atomic E-state index is 0.0519. The van der Waals surface area contributed by atoms with Crippen molar-refractivity contribution in [3.05, 3.63) is 12.2 Å². The van der Waals surface area contributed by atoms with Crippen molar-refractivity contribution in [3.63, 3.8) is 0 Å². The number of nitrogens with one attached hydrogen (secondary N) is 2. The number of imide groups is 1. The van der Waals surface area contributed by atoms with Crippen LogP contribution in [0.5, 0.6) is 0 Å². The molecule has 2 N–H and O–H groups in total. The highest BCUT2D eigenvalue weighted by Gasteiger charge is 2.41. The van der Waals surface area contributed by atoms with Crippen LogP contribution in [-0.4, -0.2) is 18.0 Å². The molecule has 0 aliphatic carbocycles. The van der Waals surface area contributed by atoms with Crippen LogP contribution in [0.3, 0.4) is 0 Å². The molecule has 0 bridgehead atoms. The van der Waals surface area contributed by atoms with Crippen LogP contribution < -0.4 is 10.6 Å². The summed E-state index contributed by atoms with van der Waals surface area (Å²) in [6.07, 6.45) is 0. The Hall–Kier alpha value is -1.32. The molecule has 1 aliphatic heterocycles. The average molecular weight is 210 g/mol. The normalized spacial score (nSPS) is 23.3. The van der Waals surface area contributed by atoms with Crippen molar-refractivity contribution in [2.45, 2.75) is 33.7 Å². The van der Waals surface area contributed by atoms with Gasteiger partial charge in [-0.05, 0) is 12.3 Å². The van der Waals surface area contributed by atoms with Gasteiger partial charge in [0.15, 0.2) is 0 Å². The maximum absolute atomic E-state index is 11.5. The molecule has 1 aliphatic rings. The van der Waals surface area contributed by atoms with Gasteiger partial charge in [0.25, 0.3) is 5.91 Å². The second kappa shape index (κ2) is 3.68. The molecule has 1 fully saturated rings. The lowest BCUT2D eigenvalue weighted by Gasteiger charge is -2.34. The van der Waals surface area contributed by atoms with Crippen molar-refractivity contribution in [2.75, 3.05) is 0 Å². The molecule has 0 spiro atoms. The fourth-order valence-electron chi connectivity index (χ4n) is 2.19. The second-order valence-electron chi connectivity index (χ2n) is 5.13. The summed E-state index contributed by atoms with van der Waals surface area (Å²) in [7, 11) is 0. The van der Waals surface area contributed by atoms with Crippen molar-refractivity contribution in [1.29, 1.82) is 0 Å². The molecule has 1 saturated heterocycles. The van der Waals surface area contributed by atoms with Crippen LogP contribution in [0.15, 0.2) is 12.2 Å². The first-order valence-corrected chi connectivity index (χ1v) is 5.00. The Morgan fingerprint density at radius 3 is 2.20 bits per heavy atom. The second-order valence-corrected chi connectivity index (χ2v) is 5.13. The zero-order chi connectivity index (χ0) is 11.8. The predicted octanol–water partition coefficient (Wildman–Crippen LogP) is 1.43. The van der Waals surface area contributed by atoms with E-state index in [1.54, 1.807) is 0 Å². The minimum atomic E-state index is -0.491. The highest BCUT2D eigenvalue weighted by Crippen LogP contribution is 2.34. The van der Waals surface area contributed by atoms with Gasteiger partial charge in [-0.2, -0.15) is 0 Å². The standard InChI is InChI=1S/C11H18N2O2/c1-6(2)7(11(3,4)5)8-9(14)13-10(15)12-8/h7-8H,1H2,2-5H3,(H2,12,13,14,15). The summed E-state index contributed by atoms with van der Waals surface area (Å²) in [4.78, 5) is 22.6. The first-order chi connectivity index (χ1) is 6.73. The number of rotatable bonds is 2. The molecule has 3 amide bonds. The maximum atomic E-state index is 11.5. The lowest BCUT2D eigenvalue weighted by molar-refractivity contribution is -0.121. The Morgan fingerprint density at radius 2 is 1.93 bits per heavy atom. The van der Waals surface area contributed by atoms with Crippen molar-refractivity contribution in [1.82, 2.24) is 10.6 Å². The van der Waals surface area contributed by atoms with Gasteiger partial charge in [-0.1, -0.05) is 32.9 Å². The van der Waals surface area contributed by atoms with Gasteiger partial charge in [-0.3, -0.25) is 10.1 Å². The fourth-order valence-corrected chi connectivity index (χ4v) is 2.19. The van der Waals surface area contributed by atoms with E-state index in [1.165, 1.54) is 0 Å². The van der Waals surface area contributed by atoms with Gasteiger partial charge in [0.1, 0.15) is 6.04 Å². The van der Waals surface area contributed by atoms with Gasteiger partial charge >= 0.3 is 6.03 Å². The van der Waals surface area contributed by atoms with Crippen LogP contribution in [0.4, 0.5) is 4.79 Å². The maximum Gasteiger partial charge on any atom is 0.322 e.